The summed E-state index contributed by atoms with van der Waals surface area (Å²) < 4.78 is 0. The lowest BCUT2D eigenvalue weighted by Crippen LogP contribution is -1.70. The van der Waals surface area contributed by atoms with E-state index in [2.05, 4.69) is 15.9 Å². The zero-order chi connectivity index (χ0) is 4.99. The van der Waals surface area contributed by atoms with Gasteiger partial charge in [0.25, 0.3) is 0 Å². The quantitative estimate of drug-likeness (QED) is 0.557. The molecule has 0 fully saturated rings. The second-order valence-electron chi connectivity index (χ2n) is 0.653. The van der Waals surface area contributed by atoms with Crippen LogP contribution in [0.3, 0.4) is 0 Å². The van der Waals surface area contributed by atoms with E-state index in [-0.39, 0.29) is 4.84 Å². The van der Waals surface area contributed by atoms with Crippen LogP contribution in [0.4, 0.5) is 0 Å². The highest BCUT2D eigenvalue weighted by Gasteiger charge is 1.83. The molecule has 6 heavy (non-hydrogen) atoms. The maximum Gasteiger partial charge on any atom is 0.126 e. The number of hydrogen-bond acceptors (Lipinski definition) is 0. The van der Waals surface area contributed by atoms with E-state index in [0.29, 0.717) is 0 Å². The lowest BCUT2D eigenvalue weighted by Gasteiger charge is -1.80. The number of hydrogen-bond donors (Lipinski definition) is 0. The van der Waals surface area contributed by atoms with Crippen molar-refractivity contribution in [2.45, 2.75) is 4.84 Å². The predicted octanol–water partition coefficient (Wildman–Crippen LogP) is 2.70. The van der Waals surface area contributed by atoms with Gasteiger partial charge < -0.3 is 0 Å². The van der Waals surface area contributed by atoms with Gasteiger partial charge in [0.05, 0.1) is 0 Å². The van der Waals surface area contributed by atoms with Crippen LogP contribution in [0.5, 0.6) is 0 Å². The van der Waals surface area contributed by atoms with E-state index in [1.54, 1.807) is 11.1 Å². The second-order valence-corrected chi connectivity index (χ2v) is 2.35. The Labute approximate surface area is 55.3 Å². The van der Waals surface area contributed by atoms with E-state index in [1.165, 1.54) is 0 Å². The molecule has 0 atom stereocenters. The molecule has 3 heteroatoms. The molecule has 0 aromatic rings. The van der Waals surface area contributed by atoms with Crippen LogP contribution in [0, 0.1) is 0 Å². The van der Waals surface area contributed by atoms with E-state index in [9.17, 15) is 0 Å². The summed E-state index contributed by atoms with van der Waals surface area (Å²) >= 11 is 13.5. The molecular formula is C3H3BrCl2. The van der Waals surface area contributed by atoms with Crippen LogP contribution in [-0.2, 0) is 0 Å². The van der Waals surface area contributed by atoms with E-state index in [4.69, 9.17) is 23.2 Å². The van der Waals surface area contributed by atoms with Crippen molar-refractivity contribution in [2.75, 3.05) is 0 Å². The molecule has 0 nitrogen and oxygen atoms in total. The Bertz CT molecular complexity index is 50.8. The summed E-state index contributed by atoms with van der Waals surface area (Å²) in [4.78, 5) is 1.24. The summed E-state index contributed by atoms with van der Waals surface area (Å²) in [6, 6.07) is 0. The molecular weight excluding hydrogens is 187 g/mol. The molecule has 0 spiro atoms. The van der Waals surface area contributed by atoms with Crippen LogP contribution in [-0.4, -0.2) is 4.84 Å². The van der Waals surface area contributed by atoms with Crippen molar-refractivity contribution in [3.8, 4) is 0 Å². The van der Waals surface area contributed by atoms with Gasteiger partial charge >= 0.3 is 0 Å². The van der Waals surface area contributed by atoms with Gasteiger partial charge in [0, 0.05) is 0 Å². The Balaban J connectivity index is 3.03. The van der Waals surface area contributed by atoms with Crippen LogP contribution in [0.1, 0.15) is 0 Å². The highest BCUT2D eigenvalue weighted by Crippen LogP contribution is 2.03. The number of halogens is 3. The Kier molecular flexibility index (Phi) is 4.50. The monoisotopic (exact) mass is 188 g/mol. The standard InChI is InChI=1S/C3H3BrCl2/c4-2-1-3(5)6/h1-3H. The summed E-state index contributed by atoms with van der Waals surface area (Å²) in [7, 11) is 0. The van der Waals surface area contributed by atoms with E-state index >= 15 is 0 Å². The molecule has 0 saturated heterocycles. The van der Waals surface area contributed by atoms with Gasteiger partial charge in [-0.25, -0.2) is 0 Å². The topological polar surface area (TPSA) is 0 Å². The van der Waals surface area contributed by atoms with Gasteiger partial charge in [-0.15, -0.1) is 23.2 Å². The molecule has 0 radical (unpaired) electrons. The normalized spacial score (nSPS) is 11.3. The van der Waals surface area contributed by atoms with Crippen molar-refractivity contribution in [1.29, 1.82) is 0 Å². The van der Waals surface area contributed by atoms with Crippen LogP contribution < -0.4 is 0 Å². The van der Waals surface area contributed by atoms with E-state index in [1.807, 2.05) is 0 Å². The molecule has 0 N–H and O–H groups in total. The summed E-state index contributed by atoms with van der Waals surface area (Å²) in [5.41, 5.74) is 0. The predicted molar refractivity (Wildman–Crippen MR) is 33.6 cm³/mol. The number of alkyl halides is 2. The minimum absolute atomic E-state index is 0.385. The van der Waals surface area contributed by atoms with Gasteiger partial charge in [-0.05, 0) is 11.1 Å². The summed E-state index contributed by atoms with van der Waals surface area (Å²) in [5, 5.41) is 0. The van der Waals surface area contributed by atoms with Gasteiger partial charge in [-0.2, -0.15) is 0 Å². The first-order valence-corrected chi connectivity index (χ1v) is 3.11. The molecule has 0 unspecified atom stereocenters. The number of allylic oxidation sites excluding steroid dienone is 1. The van der Waals surface area contributed by atoms with Gasteiger partial charge in [-0.3, -0.25) is 0 Å². The van der Waals surface area contributed by atoms with E-state index in [0.717, 1.165) is 0 Å². The lowest BCUT2D eigenvalue weighted by molar-refractivity contribution is 1.63. The summed E-state index contributed by atoms with van der Waals surface area (Å²) in [6.45, 7) is 0. The summed E-state index contributed by atoms with van der Waals surface area (Å²) in [5.74, 6) is 0. The molecule has 0 amide bonds. The van der Waals surface area contributed by atoms with Crippen molar-refractivity contribution in [3.05, 3.63) is 11.1 Å². The third kappa shape index (κ3) is 4.80. The first-order chi connectivity index (χ1) is 2.77. The van der Waals surface area contributed by atoms with E-state index < -0.39 is 0 Å². The van der Waals surface area contributed by atoms with Crippen molar-refractivity contribution < 1.29 is 0 Å². The first-order valence-electron chi connectivity index (χ1n) is 1.32. The zero-order valence-corrected chi connectivity index (χ0v) is 5.96. The van der Waals surface area contributed by atoms with Crippen LogP contribution in [0.2, 0.25) is 0 Å². The minimum atomic E-state index is -0.385. The lowest BCUT2D eigenvalue weighted by atomic mass is 10.8. The Morgan fingerprint density at radius 2 is 2.00 bits per heavy atom. The minimum Gasteiger partial charge on any atom is -0.101 e. The molecule has 0 aromatic heterocycles. The van der Waals surface area contributed by atoms with Gasteiger partial charge in [0.2, 0.25) is 0 Å². The van der Waals surface area contributed by atoms with Gasteiger partial charge in [-0.1, -0.05) is 15.9 Å². The van der Waals surface area contributed by atoms with Crippen molar-refractivity contribution in [3.63, 3.8) is 0 Å². The second kappa shape index (κ2) is 3.97. The van der Waals surface area contributed by atoms with Crippen LogP contribution >= 0.6 is 39.1 Å². The smallest absolute Gasteiger partial charge is 0.101 e. The van der Waals surface area contributed by atoms with Crippen molar-refractivity contribution >= 4 is 39.1 Å². The largest absolute Gasteiger partial charge is 0.126 e. The molecule has 0 heterocycles. The fourth-order valence-corrected chi connectivity index (χ4v) is 0.857. The highest BCUT2D eigenvalue weighted by molar-refractivity contribution is 9.11. The average Bonchev–Trinajstić information content (AvgIpc) is 1.35. The molecule has 0 bridgehead atoms. The molecule has 0 saturated carbocycles. The van der Waals surface area contributed by atoms with Crippen LogP contribution in [0.25, 0.3) is 0 Å². The Morgan fingerprint density at radius 3 is 2.00 bits per heavy atom. The third-order valence-corrected chi connectivity index (χ3v) is 0.814. The fraction of sp³-hybridized carbons (Fsp3) is 0.333. The Morgan fingerprint density at radius 1 is 1.50 bits per heavy atom. The third-order valence-electron chi connectivity index (χ3n) is 0.218. The molecule has 0 aromatic carbocycles. The summed E-state index contributed by atoms with van der Waals surface area (Å²) in [6.07, 6.45) is 1.61. The maximum atomic E-state index is 5.23. The van der Waals surface area contributed by atoms with Crippen molar-refractivity contribution in [1.82, 2.24) is 0 Å². The molecule has 0 aliphatic heterocycles. The average molecular weight is 190 g/mol. The molecule has 0 rings (SSSR count). The molecule has 36 valence electrons. The Hall–Kier alpha value is 0.800. The van der Waals surface area contributed by atoms with Gasteiger partial charge in [0.1, 0.15) is 4.84 Å². The highest BCUT2D eigenvalue weighted by atomic mass is 79.9. The van der Waals surface area contributed by atoms with Crippen molar-refractivity contribution in [2.24, 2.45) is 0 Å². The maximum absolute atomic E-state index is 5.23. The number of rotatable bonds is 1. The zero-order valence-electron chi connectivity index (χ0n) is 2.87. The molecule has 0 aliphatic carbocycles. The SMILES string of the molecule is ClC(Cl)C=CBr. The first kappa shape index (κ1) is 6.80. The fourth-order valence-electron chi connectivity index (χ4n) is 0.0550. The van der Waals surface area contributed by atoms with Crippen LogP contribution in [0.15, 0.2) is 11.1 Å². The molecule has 0 aliphatic rings. The van der Waals surface area contributed by atoms with Gasteiger partial charge in [0.15, 0.2) is 0 Å².